The molecule has 0 aliphatic carbocycles. The van der Waals surface area contributed by atoms with Gasteiger partial charge >= 0.3 is 0 Å². The van der Waals surface area contributed by atoms with Gasteiger partial charge in [-0.25, -0.2) is 0 Å². The van der Waals surface area contributed by atoms with E-state index < -0.39 is 5.60 Å². The topological polar surface area (TPSA) is 65.1 Å². The largest absolute Gasteiger partial charge is 0.386 e. The van der Waals surface area contributed by atoms with Gasteiger partial charge in [-0.1, -0.05) is 12.1 Å². The summed E-state index contributed by atoms with van der Waals surface area (Å²) in [6.07, 6.45) is 1.82. The van der Waals surface area contributed by atoms with Crippen LogP contribution in [0.4, 0.5) is 0 Å². The highest BCUT2D eigenvalue weighted by molar-refractivity contribution is 5.94. The van der Waals surface area contributed by atoms with E-state index in [0.29, 0.717) is 12.1 Å². The van der Waals surface area contributed by atoms with Crippen molar-refractivity contribution in [2.45, 2.75) is 26.0 Å². The standard InChI is InChI=1S/C15H18N2O2/c1-15(2,19)12-6-3-5-11(9-12)14(18)17-10-13-7-4-8-16-13/h3-9,16,19H,10H2,1-2H3,(H,17,18). The molecule has 2 aromatic rings. The summed E-state index contributed by atoms with van der Waals surface area (Å²) in [5, 5.41) is 12.8. The van der Waals surface area contributed by atoms with Crippen LogP contribution in [0.5, 0.6) is 0 Å². The van der Waals surface area contributed by atoms with E-state index in [-0.39, 0.29) is 5.91 Å². The van der Waals surface area contributed by atoms with E-state index in [2.05, 4.69) is 10.3 Å². The van der Waals surface area contributed by atoms with Gasteiger partial charge in [0.15, 0.2) is 0 Å². The summed E-state index contributed by atoms with van der Waals surface area (Å²) in [6, 6.07) is 10.8. The number of aromatic amines is 1. The van der Waals surface area contributed by atoms with Crippen LogP contribution in [0.2, 0.25) is 0 Å². The Morgan fingerprint density at radius 1 is 1.32 bits per heavy atom. The molecule has 19 heavy (non-hydrogen) atoms. The molecule has 1 amide bonds. The molecule has 0 atom stereocenters. The second-order valence-corrected chi connectivity index (χ2v) is 5.02. The van der Waals surface area contributed by atoms with Crippen LogP contribution in [0.1, 0.15) is 35.5 Å². The third-order valence-electron chi connectivity index (χ3n) is 2.93. The van der Waals surface area contributed by atoms with Gasteiger partial charge in [-0.05, 0) is 43.7 Å². The van der Waals surface area contributed by atoms with Gasteiger partial charge in [-0.3, -0.25) is 4.79 Å². The van der Waals surface area contributed by atoms with Crippen LogP contribution in [-0.2, 0) is 12.1 Å². The van der Waals surface area contributed by atoms with Crippen molar-refractivity contribution in [1.29, 1.82) is 0 Å². The van der Waals surface area contributed by atoms with E-state index in [1.54, 1.807) is 32.0 Å². The van der Waals surface area contributed by atoms with Crippen LogP contribution in [0, 0.1) is 0 Å². The molecule has 0 fully saturated rings. The fourth-order valence-electron chi connectivity index (χ4n) is 1.80. The summed E-state index contributed by atoms with van der Waals surface area (Å²) in [6.45, 7) is 3.85. The summed E-state index contributed by atoms with van der Waals surface area (Å²) in [7, 11) is 0. The molecular weight excluding hydrogens is 240 g/mol. The van der Waals surface area contributed by atoms with Crippen molar-refractivity contribution >= 4 is 5.91 Å². The Balaban J connectivity index is 2.07. The van der Waals surface area contributed by atoms with Gasteiger partial charge in [0.1, 0.15) is 0 Å². The van der Waals surface area contributed by atoms with Crippen LogP contribution >= 0.6 is 0 Å². The molecule has 3 N–H and O–H groups in total. The third kappa shape index (κ3) is 3.45. The smallest absolute Gasteiger partial charge is 0.251 e. The first-order chi connectivity index (χ1) is 8.97. The maximum atomic E-state index is 12.0. The molecule has 0 saturated heterocycles. The molecule has 1 aromatic carbocycles. The van der Waals surface area contributed by atoms with Crippen LogP contribution in [-0.4, -0.2) is 16.0 Å². The van der Waals surface area contributed by atoms with E-state index in [9.17, 15) is 9.90 Å². The van der Waals surface area contributed by atoms with Gasteiger partial charge in [0.2, 0.25) is 0 Å². The zero-order valence-corrected chi connectivity index (χ0v) is 11.1. The van der Waals surface area contributed by atoms with Crippen molar-refractivity contribution in [3.8, 4) is 0 Å². The number of H-pyrrole nitrogens is 1. The zero-order chi connectivity index (χ0) is 13.9. The van der Waals surface area contributed by atoms with Crippen LogP contribution in [0.25, 0.3) is 0 Å². The summed E-state index contributed by atoms with van der Waals surface area (Å²) < 4.78 is 0. The first-order valence-electron chi connectivity index (χ1n) is 6.20. The molecule has 0 aliphatic heterocycles. The molecule has 100 valence electrons. The number of carbonyl (C=O) groups is 1. The van der Waals surface area contributed by atoms with Gasteiger partial charge in [0, 0.05) is 17.5 Å². The average molecular weight is 258 g/mol. The second-order valence-electron chi connectivity index (χ2n) is 5.02. The van der Waals surface area contributed by atoms with Crippen molar-refractivity contribution in [3.05, 3.63) is 59.4 Å². The molecule has 0 spiro atoms. The Morgan fingerprint density at radius 3 is 2.74 bits per heavy atom. The number of amides is 1. The molecule has 0 saturated carbocycles. The lowest BCUT2D eigenvalue weighted by molar-refractivity contribution is 0.0784. The number of hydrogen-bond donors (Lipinski definition) is 3. The van der Waals surface area contributed by atoms with Crippen LogP contribution < -0.4 is 5.32 Å². The Kier molecular flexibility index (Phi) is 3.71. The molecule has 0 bridgehead atoms. The molecule has 0 aliphatic rings. The van der Waals surface area contributed by atoms with E-state index in [1.807, 2.05) is 24.4 Å². The predicted octanol–water partition coefficient (Wildman–Crippen LogP) is 2.17. The minimum atomic E-state index is -0.949. The van der Waals surface area contributed by atoms with Gasteiger partial charge in [0.25, 0.3) is 5.91 Å². The normalized spacial score (nSPS) is 11.3. The van der Waals surface area contributed by atoms with Crippen molar-refractivity contribution in [2.24, 2.45) is 0 Å². The number of aliphatic hydroxyl groups is 1. The molecule has 2 rings (SSSR count). The minimum absolute atomic E-state index is 0.152. The molecule has 0 radical (unpaired) electrons. The van der Waals surface area contributed by atoms with E-state index in [1.165, 1.54) is 0 Å². The van der Waals surface area contributed by atoms with E-state index in [4.69, 9.17) is 0 Å². The number of hydrogen-bond acceptors (Lipinski definition) is 2. The Bertz CT molecular complexity index is 554. The first kappa shape index (κ1) is 13.4. The third-order valence-corrected chi connectivity index (χ3v) is 2.93. The number of aromatic nitrogens is 1. The number of rotatable bonds is 4. The molecule has 4 nitrogen and oxygen atoms in total. The summed E-state index contributed by atoms with van der Waals surface area (Å²) in [5.41, 5.74) is 1.27. The lowest BCUT2D eigenvalue weighted by atomic mass is 9.96. The fraction of sp³-hybridized carbons (Fsp3) is 0.267. The van der Waals surface area contributed by atoms with Crippen LogP contribution in [0.3, 0.4) is 0 Å². The van der Waals surface area contributed by atoms with Gasteiger partial charge in [-0.15, -0.1) is 0 Å². The number of nitrogens with one attached hydrogen (secondary N) is 2. The molecule has 0 unspecified atom stereocenters. The summed E-state index contributed by atoms with van der Waals surface area (Å²) in [5.74, 6) is -0.152. The second kappa shape index (κ2) is 5.28. The fourth-order valence-corrected chi connectivity index (χ4v) is 1.80. The maximum Gasteiger partial charge on any atom is 0.251 e. The van der Waals surface area contributed by atoms with Gasteiger partial charge < -0.3 is 15.4 Å². The van der Waals surface area contributed by atoms with E-state index >= 15 is 0 Å². The van der Waals surface area contributed by atoms with Gasteiger partial charge in [-0.2, -0.15) is 0 Å². The Morgan fingerprint density at radius 2 is 2.11 bits per heavy atom. The highest BCUT2D eigenvalue weighted by Crippen LogP contribution is 2.20. The lowest BCUT2D eigenvalue weighted by Crippen LogP contribution is -2.24. The Hall–Kier alpha value is -2.07. The molecular formula is C15H18N2O2. The average Bonchev–Trinajstić information content (AvgIpc) is 2.88. The first-order valence-corrected chi connectivity index (χ1v) is 6.20. The zero-order valence-electron chi connectivity index (χ0n) is 11.1. The van der Waals surface area contributed by atoms with E-state index in [0.717, 1.165) is 11.3 Å². The molecule has 1 aromatic heterocycles. The lowest BCUT2D eigenvalue weighted by Gasteiger charge is -2.18. The predicted molar refractivity (Wildman–Crippen MR) is 73.6 cm³/mol. The maximum absolute atomic E-state index is 12.0. The Labute approximate surface area is 112 Å². The van der Waals surface area contributed by atoms with Crippen molar-refractivity contribution in [3.63, 3.8) is 0 Å². The number of benzene rings is 1. The highest BCUT2D eigenvalue weighted by atomic mass is 16.3. The number of carbonyl (C=O) groups excluding carboxylic acids is 1. The summed E-state index contributed by atoms with van der Waals surface area (Å²) in [4.78, 5) is 15.0. The summed E-state index contributed by atoms with van der Waals surface area (Å²) >= 11 is 0. The minimum Gasteiger partial charge on any atom is -0.386 e. The SMILES string of the molecule is CC(C)(O)c1cccc(C(=O)NCc2ccc[nH]2)c1. The highest BCUT2D eigenvalue weighted by Gasteiger charge is 2.17. The van der Waals surface area contributed by atoms with Crippen molar-refractivity contribution < 1.29 is 9.90 Å². The quantitative estimate of drug-likeness (QED) is 0.787. The molecule has 1 heterocycles. The van der Waals surface area contributed by atoms with Crippen molar-refractivity contribution in [2.75, 3.05) is 0 Å². The van der Waals surface area contributed by atoms with Crippen molar-refractivity contribution in [1.82, 2.24) is 10.3 Å². The molecule has 4 heteroatoms. The van der Waals surface area contributed by atoms with Gasteiger partial charge in [0.05, 0.1) is 12.1 Å². The van der Waals surface area contributed by atoms with Crippen LogP contribution in [0.15, 0.2) is 42.6 Å². The monoisotopic (exact) mass is 258 g/mol.